The third-order valence-electron chi connectivity index (χ3n) is 6.06. The van der Waals surface area contributed by atoms with Crippen LogP contribution in [-0.4, -0.2) is 60.2 Å². The van der Waals surface area contributed by atoms with Crippen LogP contribution in [-0.2, 0) is 11.3 Å². The SMILES string of the molecule is CCOc1ccccc1CN1C[C@@H](CO)[C@H](C2CCN(C(C)=O)CC2)C1. The standard InChI is InChI=1S/C21H32N2O3/c1-3-26-21-7-5-4-6-18(21)12-22-13-19(15-24)20(14-22)17-8-10-23(11-9-17)16(2)25/h4-7,17,19-20,24H,3,8-15H2,1-2H3/t19-,20-/m0/s1. The zero-order chi connectivity index (χ0) is 18.5. The van der Waals surface area contributed by atoms with Crippen LogP contribution >= 0.6 is 0 Å². The summed E-state index contributed by atoms with van der Waals surface area (Å²) in [7, 11) is 0. The number of para-hydroxylation sites is 1. The number of carbonyl (C=O) groups excluding carboxylic acids is 1. The molecule has 1 aromatic carbocycles. The van der Waals surface area contributed by atoms with Gasteiger partial charge in [-0.3, -0.25) is 9.69 Å². The summed E-state index contributed by atoms with van der Waals surface area (Å²) < 4.78 is 5.76. The van der Waals surface area contributed by atoms with Gasteiger partial charge in [-0.05, 0) is 43.6 Å². The molecule has 2 atom stereocenters. The number of nitrogens with zero attached hydrogens (tertiary/aromatic N) is 2. The molecular weight excluding hydrogens is 328 g/mol. The van der Waals surface area contributed by atoms with Gasteiger partial charge in [-0.25, -0.2) is 0 Å². The topological polar surface area (TPSA) is 53.0 Å². The molecule has 26 heavy (non-hydrogen) atoms. The summed E-state index contributed by atoms with van der Waals surface area (Å²) >= 11 is 0. The van der Waals surface area contributed by atoms with E-state index in [9.17, 15) is 9.90 Å². The van der Waals surface area contributed by atoms with Crippen LogP contribution in [0.5, 0.6) is 5.75 Å². The van der Waals surface area contributed by atoms with Gasteiger partial charge in [-0.1, -0.05) is 18.2 Å². The molecule has 3 rings (SSSR count). The van der Waals surface area contributed by atoms with Crippen molar-refractivity contribution in [2.24, 2.45) is 17.8 Å². The van der Waals surface area contributed by atoms with Crippen molar-refractivity contribution in [3.05, 3.63) is 29.8 Å². The van der Waals surface area contributed by atoms with E-state index < -0.39 is 0 Å². The van der Waals surface area contributed by atoms with E-state index in [1.54, 1.807) is 6.92 Å². The average Bonchev–Trinajstić information content (AvgIpc) is 3.06. The highest BCUT2D eigenvalue weighted by molar-refractivity contribution is 5.73. The number of aliphatic hydroxyl groups excluding tert-OH is 1. The minimum Gasteiger partial charge on any atom is -0.494 e. The molecule has 144 valence electrons. The second-order valence-electron chi connectivity index (χ2n) is 7.68. The van der Waals surface area contributed by atoms with E-state index in [0.717, 1.165) is 51.3 Å². The molecule has 0 saturated carbocycles. The van der Waals surface area contributed by atoms with Crippen molar-refractivity contribution in [1.82, 2.24) is 9.80 Å². The van der Waals surface area contributed by atoms with Crippen molar-refractivity contribution in [2.45, 2.75) is 33.2 Å². The predicted molar refractivity (Wildman–Crippen MR) is 102 cm³/mol. The lowest BCUT2D eigenvalue weighted by atomic mass is 9.79. The van der Waals surface area contributed by atoms with Gasteiger partial charge in [0, 0.05) is 51.8 Å². The molecule has 1 aromatic rings. The second-order valence-corrected chi connectivity index (χ2v) is 7.68. The minimum absolute atomic E-state index is 0.183. The van der Waals surface area contributed by atoms with Gasteiger partial charge in [-0.15, -0.1) is 0 Å². The molecule has 2 heterocycles. The Labute approximate surface area is 156 Å². The second kappa shape index (κ2) is 8.87. The average molecular weight is 360 g/mol. The van der Waals surface area contributed by atoms with Crippen LogP contribution < -0.4 is 4.74 Å². The number of likely N-dealkylation sites (tertiary alicyclic amines) is 2. The van der Waals surface area contributed by atoms with Crippen LogP contribution in [0.1, 0.15) is 32.3 Å². The summed E-state index contributed by atoms with van der Waals surface area (Å²) in [5.41, 5.74) is 1.22. The van der Waals surface area contributed by atoms with Crippen LogP contribution in [0, 0.1) is 17.8 Å². The number of aliphatic hydroxyl groups is 1. The van der Waals surface area contributed by atoms with E-state index >= 15 is 0 Å². The third kappa shape index (κ3) is 4.38. The Morgan fingerprint density at radius 1 is 1.23 bits per heavy atom. The van der Waals surface area contributed by atoms with E-state index in [0.29, 0.717) is 24.4 Å². The van der Waals surface area contributed by atoms with Crippen molar-refractivity contribution in [3.63, 3.8) is 0 Å². The molecule has 1 amide bonds. The fourth-order valence-corrected chi connectivity index (χ4v) is 4.66. The first-order valence-electron chi connectivity index (χ1n) is 9.91. The first-order chi connectivity index (χ1) is 12.6. The van der Waals surface area contributed by atoms with E-state index in [-0.39, 0.29) is 12.5 Å². The van der Waals surface area contributed by atoms with E-state index in [2.05, 4.69) is 17.0 Å². The maximum atomic E-state index is 11.6. The first kappa shape index (κ1) is 19.2. The lowest BCUT2D eigenvalue weighted by Gasteiger charge is -2.36. The quantitative estimate of drug-likeness (QED) is 0.846. The number of carbonyl (C=O) groups is 1. The van der Waals surface area contributed by atoms with E-state index in [1.165, 1.54) is 5.56 Å². The molecule has 0 bridgehead atoms. The van der Waals surface area contributed by atoms with Gasteiger partial charge in [0.05, 0.1) is 6.61 Å². The molecule has 2 aliphatic heterocycles. The minimum atomic E-state index is 0.183. The highest BCUT2D eigenvalue weighted by atomic mass is 16.5. The molecule has 1 N–H and O–H groups in total. The molecule has 0 aromatic heterocycles. The smallest absolute Gasteiger partial charge is 0.219 e. The summed E-state index contributed by atoms with van der Waals surface area (Å²) in [5.74, 6) is 2.61. The first-order valence-corrected chi connectivity index (χ1v) is 9.91. The molecule has 0 spiro atoms. The summed E-state index contributed by atoms with van der Waals surface area (Å²) in [4.78, 5) is 16.0. The van der Waals surface area contributed by atoms with Crippen molar-refractivity contribution in [1.29, 1.82) is 0 Å². The Morgan fingerprint density at radius 3 is 2.62 bits per heavy atom. The number of rotatable bonds is 6. The van der Waals surface area contributed by atoms with E-state index in [4.69, 9.17) is 4.74 Å². The highest BCUT2D eigenvalue weighted by Gasteiger charge is 2.38. The number of hydrogen-bond donors (Lipinski definition) is 1. The van der Waals surface area contributed by atoms with Gasteiger partial charge in [-0.2, -0.15) is 0 Å². The zero-order valence-electron chi connectivity index (χ0n) is 16.1. The summed E-state index contributed by atoms with van der Waals surface area (Å²) in [6.07, 6.45) is 2.12. The number of ether oxygens (including phenoxy) is 1. The van der Waals surface area contributed by atoms with Crippen molar-refractivity contribution in [3.8, 4) is 5.75 Å². The van der Waals surface area contributed by atoms with Gasteiger partial charge in [0.25, 0.3) is 0 Å². The summed E-state index contributed by atoms with van der Waals surface area (Å²) in [6, 6.07) is 8.25. The van der Waals surface area contributed by atoms with Crippen molar-refractivity contribution in [2.75, 3.05) is 39.4 Å². The Morgan fingerprint density at radius 2 is 1.96 bits per heavy atom. The number of benzene rings is 1. The molecule has 2 saturated heterocycles. The zero-order valence-corrected chi connectivity index (χ0v) is 16.1. The molecule has 0 aliphatic carbocycles. The molecule has 0 unspecified atom stereocenters. The third-order valence-corrected chi connectivity index (χ3v) is 6.06. The summed E-state index contributed by atoms with van der Waals surface area (Å²) in [6.45, 7) is 9.15. The Hall–Kier alpha value is -1.59. The maximum Gasteiger partial charge on any atom is 0.219 e. The molecule has 5 heteroatoms. The van der Waals surface area contributed by atoms with E-state index in [1.807, 2.05) is 24.0 Å². The number of piperidine rings is 1. The molecule has 2 fully saturated rings. The van der Waals surface area contributed by atoms with Gasteiger partial charge in [0.15, 0.2) is 0 Å². The highest BCUT2D eigenvalue weighted by Crippen LogP contribution is 2.36. The van der Waals surface area contributed by atoms with Crippen LogP contribution in [0.3, 0.4) is 0 Å². The summed E-state index contributed by atoms with van der Waals surface area (Å²) in [5, 5.41) is 9.91. The lowest BCUT2D eigenvalue weighted by Crippen LogP contribution is -2.40. The fraction of sp³-hybridized carbons (Fsp3) is 0.667. The largest absolute Gasteiger partial charge is 0.494 e. The molecule has 5 nitrogen and oxygen atoms in total. The van der Waals surface area contributed by atoms with Crippen LogP contribution in [0.25, 0.3) is 0 Å². The molecule has 0 radical (unpaired) electrons. The fourth-order valence-electron chi connectivity index (χ4n) is 4.66. The van der Waals surface area contributed by atoms with Crippen molar-refractivity contribution < 1.29 is 14.6 Å². The van der Waals surface area contributed by atoms with Gasteiger partial charge in [0.2, 0.25) is 5.91 Å². The van der Waals surface area contributed by atoms with Gasteiger partial charge < -0.3 is 14.7 Å². The Kier molecular flexibility index (Phi) is 6.54. The van der Waals surface area contributed by atoms with Gasteiger partial charge in [0.1, 0.15) is 5.75 Å². The number of hydrogen-bond acceptors (Lipinski definition) is 4. The van der Waals surface area contributed by atoms with Gasteiger partial charge >= 0.3 is 0 Å². The molecule has 2 aliphatic rings. The normalized spacial score (nSPS) is 24.8. The maximum absolute atomic E-state index is 11.6. The van der Waals surface area contributed by atoms with Crippen LogP contribution in [0.15, 0.2) is 24.3 Å². The van der Waals surface area contributed by atoms with Crippen LogP contribution in [0.4, 0.5) is 0 Å². The monoisotopic (exact) mass is 360 g/mol. The predicted octanol–water partition coefficient (Wildman–Crippen LogP) is 2.38. The Bertz CT molecular complexity index is 599. The number of amides is 1. The Balaban J connectivity index is 1.62. The molecular formula is C21H32N2O3. The lowest BCUT2D eigenvalue weighted by molar-refractivity contribution is -0.130. The van der Waals surface area contributed by atoms with Crippen molar-refractivity contribution >= 4 is 5.91 Å². The van der Waals surface area contributed by atoms with Crippen LogP contribution in [0.2, 0.25) is 0 Å².